The summed E-state index contributed by atoms with van der Waals surface area (Å²) in [5.74, 6) is -7.01. The molecular weight excluding hydrogens is 601 g/mol. The number of ether oxygens (including phenoxy) is 3. The van der Waals surface area contributed by atoms with Crippen LogP contribution in [0.2, 0.25) is 10.0 Å². The van der Waals surface area contributed by atoms with E-state index in [1.807, 2.05) is 0 Å². The largest absolute Gasteiger partial charge is 0.463 e. The molecule has 2 aromatic carbocycles. The van der Waals surface area contributed by atoms with Gasteiger partial charge < -0.3 is 14.2 Å². The van der Waals surface area contributed by atoms with Gasteiger partial charge in [-0.05, 0) is 24.3 Å². The van der Waals surface area contributed by atoms with Crippen LogP contribution in [0.1, 0.15) is 26.8 Å². The molecular formula is C25H21Cl2F4N3O5S. The monoisotopic (exact) mass is 621 g/mol. The molecule has 0 amide bonds. The van der Waals surface area contributed by atoms with Gasteiger partial charge in [-0.3, -0.25) is 9.59 Å². The lowest BCUT2D eigenvalue weighted by molar-refractivity contribution is -0.191. The molecule has 0 saturated carbocycles. The molecule has 214 valence electrons. The number of esters is 2. The van der Waals surface area contributed by atoms with Gasteiger partial charge in [0.2, 0.25) is 0 Å². The highest BCUT2D eigenvalue weighted by Crippen LogP contribution is 2.44. The van der Waals surface area contributed by atoms with Crippen molar-refractivity contribution < 1.29 is 41.4 Å². The maximum absolute atomic E-state index is 14.7. The number of benzene rings is 2. The van der Waals surface area contributed by atoms with Crippen molar-refractivity contribution in [2.75, 3.05) is 6.61 Å². The molecule has 1 aliphatic rings. The normalized spacial score (nSPS) is 22.7. The first-order valence-corrected chi connectivity index (χ1v) is 13.3. The molecule has 3 aromatic rings. The van der Waals surface area contributed by atoms with Crippen molar-refractivity contribution in [2.24, 2.45) is 5.92 Å². The van der Waals surface area contributed by atoms with Crippen LogP contribution in [0.4, 0.5) is 17.6 Å². The van der Waals surface area contributed by atoms with E-state index in [1.165, 1.54) is 30.8 Å². The molecule has 15 heteroatoms. The summed E-state index contributed by atoms with van der Waals surface area (Å²) in [6, 6.07) is 3.06. The van der Waals surface area contributed by atoms with Gasteiger partial charge in [0.15, 0.2) is 23.6 Å². The first kappa shape index (κ1) is 30.1. The van der Waals surface area contributed by atoms with Crippen molar-refractivity contribution >= 4 is 46.9 Å². The van der Waals surface area contributed by atoms with E-state index in [4.69, 9.17) is 37.4 Å². The molecule has 0 spiro atoms. The Morgan fingerprint density at radius 2 is 1.68 bits per heavy atom. The fourth-order valence-corrected chi connectivity index (χ4v) is 5.79. The van der Waals surface area contributed by atoms with Gasteiger partial charge in [0, 0.05) is 30.2 Å². The van der Waals surface area contributed by atoms with E-state index in [1.54, 1.807) is 6.92 Å². The Hall–Kier alpha value is -2.87. The molecule has 4 rings (SSSR count). The number of rotatable bonds is 7. The number of thioether (sulfide) groups is 1. The number of halogens is 6. The van der Waals surface area contributed by atoms with Crippen LogP contribution < -0.4 is 0 Å². The summed E-state index contributed by atoms with van der Waals surface area (Å²) < 4.78 is 74.1. The standard InChI is InChI=1S/C25H21Cl2F4N3O5S/c1-10-23(34-8-19(32-33-34)13-4-17(29)22(31)18(30)5-13)24(38-12(3)36)20(9-37-11(2)35)39-25(10)40-21-7-15(27)14(26)6-16(21)28/h4-8,10,20,23-25H,9H2,1-3H3/t10-,20?,23?,24-,25+/m0/s1. The predicted molar refractivity (Wildman–Crippen MR) is 137 cm³/mol. The van der Waals surface area contributed by atoms with Gasteiger partial charge in [0.25, 0.3) is 0 Å². The molecule has 40 heavy (non-hydrogen) atoms. The summed E-state index contributed by atoms with van der Waals surface area (Å²) in [5, 5.41) is 8.16. The fraction of sp³-hybridized carbons (Fsp3) is 0.360. The van der Waals surface area contributed by atoms with Gasteiger partial charge in [0.1, 0.15) is 29.7 Å². The highest BCUT2D eigenvalue weighted by molar-refractivity contribution is 7.99. The average Bonchev–Trinajstić information content (AvgIpc) is 3.35. The zero-order valence-corrected chi connectivity index (χ0v) is 23.4. The van der Waals surface area contributed by atoms with E-state index in [0.29, 0.717) is 0 Å². The zero-order chi connectivity index (χ0) is 29.3. The highest BCUT2D eigenvalue weighted by atomic mass is 35.5. The number of carbonyl (C=O) groups excluding carboxylic acids is 2. The third-order valence-electron chi connectivity index (χ3n) is 6.05. The zero-order valence-electron chi connectivity index (χ0n) is 21.0. The van der Waals surface area contributed by atoms with Crippen LogP contribution in [0.5, 0.6) is 0 Å². The number of hydrogen-bond acceptors (Lipinski definition) is 8. The quantitative estimate of drug-likeness (QED) is 0.137. The van der Waals surface area contributed by atoms with Crippen LogP contribution in [-0.2, 0) is 23.8 Å². The number of nitrogens with zero attached hydrogens (tertiary/aromatic N) is 3. The van der Waals surface area contributed by atoms with Crippen LogP contribution in [0, 0.1) is 29.2 Å². The molecule has 2 heterocycles. The Morgan fingerprint density at radius 3 is 2.30 bits per heavy atom. The molecule has 1 saturated heterocycles. The Bertz CT molecular complexity index is 1420. The minimum absolute atomic E-state index is 0.00525. The molecule has 0 bridgehead atoms. The molecule has 2 unspecified atom stereocenters. The maximum Gasteiger partial charge on any atom is 0.303 e. The van der Waals surface area contributed by atoms with Gasteiger partial charge >= 0.3 is 11.9 Å². The van der Waals surface area contributed by atoms with Crippen molar-refractivity contribution in [1.29, 1.82) is 0 Å². The molecule has 0 aliphatic carbocycles. The third kappa shape index (κ3) is 6.54. The van der Waals surface area contributed by atoms with E-state index in [0.717, 1.165) is 30.0 Å². The van der Waals surface area contributed by atoms with Crippen LogP contribution >= 0.6 is 35.0 Å². The summed E-state index contributed by atoms with van der Waals surface area (Å²) >= 11 is 13.0. The second-order valence-corrected chi connectivity index (χ2v) is 10.9. The second kappa shape index (κ2) is 12.3. The van der Waals surface area contributed by atoms with Gasteiger partial charge in [-0.1, -0.05) is 47.1 Å². The van der Waals surface area contributed by atoms with E-state index >= 15 is 0 Å². The molecule has 0 N–H and O–H groups in total. The first-order valence-electron chi connectivity index (χ1n) is 11.7. The fourth-order valence-electron chi connectivity index (χ4n) is 4.23. The van der Waals surface area contributed by atoms with Gasteiger partial charge in [0.05, 0.1) is 22.3 Å². The second-order valence-electron chi connectivity index (χ2n) is 8.92. The van der Waals surface area contributed by atoms with Crippen molar-refractivity contribution in [3.05, 3.63) is 63.8 Å². The predicted octanol–water partition coefficient (Wildman–Crippen LogP) is 6.00. The van der Waals surface area contributed by atoms with Crippen LogP contribution in [0.25, 0.3) is 11.3 Å². The Morgan fingerprint density at radius 1 is 1.02 bits per heavy atom. The van der Waals surface area contributed by atoms with Gasteiger partial charge in [-0.25, -0.2) is 22.2 Å². The molecule has 1 aliphatic heterocycles. The Balaban J connectivity index is 1.75. The van der Waals surface area contributed by atoms with Crippen molar-refractivity contribution in [3.8, 4) is 11.3 Å². The highest BCUT2D eigenvalue weighted by Gasteiger charge is 2.48. The molecule has 5 atom stereocenters. The first-order chi connectivity index (χ1) is 18.8. The maximum atomic E-state index is 14.7. The van der Waals surface area contributed by atoms with Crippen molar-refractivity contribution in [1.82, 2.24) is 15.0 Å². The lowest BCUT2D eigenvalue weighted by Crippen LogP contribution is -2.53. The number of hydrogen-bond donors (Lipinski definition) is 0. The Kier molecular flexibility index (Phi) is 9.28. The van der Waals surface area contributed by atoms with Gasteiger partial charge in [-0.2, -0.15) is 0 Å². The lowest BCUT2D eigenvalue weighted by atomic mass is 9.90. The molecule has 8 nitrogen and oxygen atoms in total. The SMILES string of the molecule is CC(=O)OCC1O[C@H](Sc2cc(Cl)c(Cl)cc2F)[C@@H](C)C(n2cc(-c3cc(F)c(F)c(F)c3)nn2)[C@H]1OC(C)=O. The van der Waals surface area contributed by atoms with Crippen LogP contribution in [-0.4, -0.2) is 51.2 Å². The topological polar surface area (TPSA) is 92.5 Å². The minimum atomic E-state index is -1.63. The average molecular weight is 622 g/mol. The summed E-state index contributed by atoms with van der Waals surface area (Å²) in [6.07, 6.45) is -0.788. The lowest BCUT2D eigenvalue weighted by Gasteiger charge is -2.44. The minimum Gasteiger partial charge on any atom is -0.463 e. The van der Waals surface area contributed by atoms with Crippen LogP contribution in [0.15, 0.2) is 35.4 Å². The number of aromatic nitrogens is 3. The molecule has 1 fully saturated rings. The van der Waals surface area contributed by atoms with Gasteiger partial charge in [-0.15, -0.1) is 5.10 Å². The summed E-state index contributed by atoms with van der Waals surface area (Å²) in [7, 11) is 0. The van der Waals surface area contributed by atoms with E-state index in [9.17, 15) is 27.2 Å². The number of carbonyl (C=O) groups is 2. The summed E-state index contributed by atoms with van der Waals surface area (Å²) in [5.41, 5.74) is -0.932. The Labute approximate surface area is 239 Å². The van der Waals surface area contributed by atoms with Crippen molar-refractivity contribution in [3.63, 3.8) is 0 Å². The smallest absolute Gasteiger partial charge is 0.303 e. The van der Waals surface area contributed by atoms with E-state index in [-0.39, 0.29) is 32.8 Å². The summed E-state index contributed by atoms with van der Waals surface area (Å²) in [4.78, 5) is 23.8. The van der Waals surface area contributed by atoms with Crippen LogP contribution in [0.3, 0.4) is 0 Å². The molecule has 0 radical (unpaired) electrons. The summed E-state index contributed by atoms with van der Waals surface area (Å²) in [6.45, 7) is 3.75. The molecule has 1 aromatic heterocycles. The third-order valence-corrected chi connectivity index (χ3v) is 8.11. The van der Waals surface area contributed by atoms with E-state index < -0.39 is 64.8 Å². The van der Waals surface area contributed by atoms with Crippen molar-refractivity contribution in [2.45, 2.75) is 49.4 Å². The van der Waals surface area contributed by atoms with E-state index in [2.05, 4.69) is 10.3 Å².